The highest BCUT2D eigenvalue weighted by atomic mass is 32.2. The van der Waals surface area contributed by atoms with Gasteiger partial charge in [0.05, 0.1) is 5.25 Å². The van der Waals surface area contributed by atoms with Crippen molar-refractivity contribution in [3.05, 3.63) is 24.4 Å². The monoisotopic (exact) mass is 435 g/mol. The highest BCUT2D eigenvalue weighted by Gasteiger charge is 2.52. The topological polar surface area (TPSA) is 108 Å². The van der Waals surface area contributed by atoms with Crippen LogP contribution in [0.15, 0.2) is 24.4 Å². The summed E-state index contributed by atoms with van der Waals surface area (Å²) in [6.45, 7) is 1.59. The third-order valence-electron chi connectivity index (χ3n) is 5.20. The number of carboxylic acid groups (broad SMARTS) is 1. The molecule has 0 bridgehead atoms. The van der Waals surface area contributed by atoms with Crippen molar-refractivity contribution in [1.29, 1.82) is 0 Å². The summed E-state index contributed by atoms with van der Waals surface area (Å²) in [6, 6.07) is 5.50. The van der Waals surface area contributed by atoms with Crippen molar-refractivity contribution >= 4 is 27.7 Å². The molecule has 1 N–H and O–H groups in total. The van der Waals surface area contributed by atoms with E-state index in [9.17, 15) is 26.4 Å². The molecule has 4 rings (SSSR count). The Morgan fingerprint density at radius 2 is 1.90 bits per heavy atom. The molecule has 1 unspecified atom stereocenters. The van der Waals surface area contributed by atoms with E-state index in [4.69, 9.17) is 9.90 Å². The van der Waals surface area contributed by atoms with Gasteiger partial charge in [0.15, 0.2) is 0 Å². The van der Waals surface area contributed by atoms with Crippen LogP contribution in [0.5, 0.6) is 0 Å². The number of hydrogen-bond acceptors (Lipinski definition) is 5. The molecule has 2 aliphatic heterocycles. The molecule has 29 heavy (non-hydrogen) atoms. The first-order valence-electron chi connectivity index (χ1n) is 8.95. The lowest BCUT2D eigenvalue weighted by Crippen LogP contribution is -2.35. The maximum atomic E-state index is 12.4. The first-order chi connectivity index (χ1) is 13.4. The lowest BCUT2D eigenvalue weighted by atomic mass is 9.86. The maximum absolute atomic E-state index is 12.4. The molecule has 12 heteroatoms. The number of hydrogen-bond donors (Lipinski definition) is 1. The van der Waals surface area contributed by atoms with Crippen molar-refractivity contribution in [2.24, 2.45) is 5.41 Å². The summed E-state index contributed by atoms with van der Waals surface area (Å²) in [4.78, 5) is 27.2. The van der Waals surface area contributed by atoms with Gasteiger partial charge >= 0.3 is 12.1 Å². The summed E-state index contributed by atoms with van der Waals surface area (Å²) in [5.74, 6) is -2.05. The number of halogens is 3. The molecule has 8 nitrogen and oxygen atoms in total. The quantitative estimate of drug-likeness (QED) is 0.773. The average molecular weight is 435 g/mol. The van der Waals surface area contributed by atoms with E-state index < -0.39 is 22.2 Å². The predicted molar refractivity (Wildman–Crippen MR) is 95.5 cm³/mol. The number of carboxylic acids is 1. The molecule has 1 aromatic rings. The number of rotatable bonds is 3. The number of anilines is 1. The number of alkyl halides is 3. The third kappa shape index (κ3) is 4.69. The fourth-order valence-electron chi connectivity index (χ4n) is 3.58. The van der Waals surface area contributed by atoms with E-state index in [1.54, 1.807) is 15.4 Å². The van der Waals surface area contributed by atoms with Gasteiger partial charge < -0.3 is 5.11 Å². The maximum Gasteiger partial charge on any atom is 0.490 e. The molecule has 1 spiro atoms. The van der Waals surface area contributed by atoms with Crippen LogP contribution in [0.2, 0.25) is 0 Å². The number of amides is 1. The Kier molecular flexibility index (Phi) is 5.60. The molecule has 160 valence electrons. The average Bonchev–Trinajstić information content (AvgIpc) is 3.36. The summed E-state index contributed by atoms with van der Waals surface area (Å²) in [7, 11) is -3.14. The molecule has 3 aliphatic rings. The van der Waals surface area contributed by atoms with Crippen LogP contribution in [0, 0.1) is 5.41 Å². The standard InChI is InChI=1S/C15H19N3O3S.C2HF3O2/c19-14-9-15(11-18(14)13-3-1-2-7-16-13)6-8-17(10-15)22(20,21)12-4-5-12;3-2(4,5)1(6)7/h1-3,7,12H,4-6,8-11H2;(H,6,7). The largest absolute Gasteiger partial charge is 0.490 e. The number of carbonyl (C=O) groups is 2. The Morgan fingerprint density at radius 3 is 2.41 bits per heavy atom. The van der Waals surface area contributed by atoms with Gasteiger partial charge in [-0.25, -0.2) is 22.5 Å². The fraction of sp³-hybridized carbons (Fsp3) is 0.588. The number of aromatic nitrogens is 1. The molecule has 1 amide bonds. The zero-order valence-electron chi connectivity index (χ0n) is 15.3. The SMILES string of the molecule is O=C(O)C(F)(F)F.O=C1CC2(CCN(S(=O)(=O)C3CC3)C2)CN1c1ccccn1. The van der Waals surface area contributed by atoms with Crippen LogP contribution in [0.4, 0.5) is 19.0 Å². The molecule has 3 heterocycles. The van der Waals surface area contributed by atoms with E-state index in [2.05, 4.69) is 4.98 Å². The molecule has 3 fully saturated rings. The van der Waals surface area contributed by atoms with Crippen LogP contribution in [0.1, 0.15) is 25.7 Å². The van der Waals surface area contributed by atoms with Crippen LogP contribution in [0.25, 0.3) is 0 Å². The smallest absolute Gasteiger partial charge is 0.475 e. The number of pyridine rings is 1. The molecular weight excluding hydrogens is 415 g/mol. The highest BCUT2D eigenvalue weighted by Crippen LogP contribution is 2.44. The van der Waals surface area contributed by atoms with Crippen LogP contribution in [-0.4, -0.2) is 65.8 Å². The summed E-state index contributed by atoms with van der Waals surface area (Å²) < 4.78 is 58.1. The molecule has 1 atom stereocenters. The number of sulfonamides is 1. The van der Waals surface area contributed by atoms with Crippen molar-refractivity contribution in [2.75, 3.05) is 24.5 Å². The second-order valence-corrected chi connectivity index (χ2v) is 9.69. The van der Waals surface area contributed by atoms with Gasteiger partial charge in [-0.3, -0.25) is 9.69 Å². The van der Waals surface area contributed by atoms with Gasteiger partial charge in [0, 0.05) is 37.7 Å². The van der Waals surface area contributed by atoms with Gasteiger partial charge in [-0.05, 0) is 31.4 Å². The molecule has 0 radical (unpaired) electrons. The second-order valence-electron chi connectivity index (χ2n) is 7.48. The van der Waals surface area contributed by atoms with Crippen LogP contribution >= 0.6 is 0 Å². The van der Waals surface area contributed by atoms with E-state index in [-0.39, 0.29) is 16.6 Å². The van der Waals surface area contributed by atoms with Crippen molar-refractivity contribution in [3.63, 3.8) is 0 Å². The van der Waals surface area contributed by atoms with E-state index in [1.807, 2.05) is 18.2 Å². The zero-order valence-corrected chi connectivity index (χ0v) is 16.1. The van der Waals surface area contributed by atoms with Gasteiger partial charge in [-0.2, -0.15) is 13.2 Å². The normalized spacial score (nSPS) is 25.2. The Hall–Kier alpha value is -2.21. The van der Waals surface area contributed by atoms with Crippen molar-refractivity contribution < 1.29 is 36.3 Å². The van der Waals surface area contributed by atoms with Gasteiger partial charge in [-0.15, -0.1) is 0 Å². The second kappa shape index (κ2) is 7.56. The number of aliphatic carboxylic acids is 1. The van der Waals surface area contributed by atoms with Crippen molar-refractivity contribution in [2.45, 2.75) is 37.1 Å². The number of nitrogens with zero attached hydrogens (tertiary/aromatic N) is 3. The van der Waals surface area contributed by atoms with Gasteiger partial charge in [0.25, 0.3) is 0 Å². The molecule has 1 aliphatic carbocycles. The molecule has 1 saturated carbocycles. The van der Waals surface area contributed by atoms with Crippen LogP contribution < -0.4 is 4.90 Å². The van der Waals surface area contributed by atoms with E-state index in [0.29, 0.717) is 31.9 Å². The molecule has 0 aromatic carbocycles. The zero-order chi connectivity index (χ0) is 21.4. The summed E-state index contributed by atoms with van der Waals surface area (Å²) >= 11 is 0. The van der Waals surface area contributed by atoms with E-state index >= 15 is 0 Å². The minimum Gasteiger partial charge on any atom is -0.475 e. The Bertz CT molecular complexity index is 889. The Labute approximate surface area is 165 Å². The fourth-order valence-corrected chi connectivity index (χ4v) is 5.53. The molecule has 2 saturated heterocycles. The van der Waals surface area contributed by atoms with Gasteiger partial charge in [0.1, 0.15) is 5.82 Å². The van der Waals surface area contributed by atoms with Gasteiger partial charge in [0.2, 0.25) is 15.9 Å². The van der Waals surface area contributed by atoms with E-state index in [1.165, 1.54) is 0 Å². The molecule has 1 aromatic heterocycles. The van der Waals surface area contributed by atoms with Crippen molar-refractivity contribution in [1.82, 2.24) is 9.29 Å². The van der Waals surface area contributed by atoms with Gasteiger partial charge in [-0.1, -0.05) is 6.07 Å². The summed E-state index contributed by atoms with van der Waals surface area (Å²) in [5.41, 5.74) is -0.240. The minimum absolute atomic E-state index is 0.0457. The Morgan fingerprint density at radius 1 is 1.24 bits per heavy atom. The van der Waals surface area contributed by atoms with E-state index in [0.717, 1.165) is 19.3 Å². The number of carbonyl (C=O) groups excluding carboxylic acids is 1. The predicted octanol–water partition coefficient (Wildman–Crippen LogP) is 1.64. The summed E-state index contributed by atoms with van der Waals surface area (Å²) in [5, 5.41) is 6.95. The minimum atomic E-state index is -5.08. The lowest BCUT2D eigenvalue weighted by molar-refractivity contribution is -0.192. The van der Waals surface area contributed by atoms with Crippen molar-refractivity contribution in [3.8, 4) is 0 Å². The Balaban J connectivity index is 0.000000298. The highest BCUT2D eigenvalue weighted by molar-refractivity contribution is 7.90. The van der Waals surface area contributed by atoms with Crippen LogP contribution in [0.3, 0.4) is 0 Å². The lowest BCUT2D eigenvalue weighted by Gasteiger charge is -2.23. The first kappa shape index (κ1) is 21.5. The van der Waals surface area contributed by atoms with Crippen LogP contribution in [-0.2, 0) is 19.6 Å². The molecular formula is C17H20F3N3O5S. The first-order valence-corrected chi connectivity index (χ1v) is 10.5. The third-order valence-corrected chi connectivity index (χ3v) is 7.54. The summed E-state index contributed by atoms with van der Waals surface area (Å²) in [6.07, 6.45) is -0.671.